The summed E-state index contributed by atoms with van der Waals surface area (Å²) in [5.41, 5.74) is 1.20. The highest BCUT2D eigenvalue weighted by Gasteiger charge is 2.33. The van der Waals surface area contributed by atoms with Crippen LogP contribution in [0.1, 0.15) is 38.7 Å². The second-order valence-electron chi connectivity index (χ2n) is 7.51. The Morgan fingerprint density at radius 3 is 2.83 bits per heavy atom. The van der Waals surface area contributed by atoms with Gasteiger partial charge in [0.25, 0.3) is 0 Å². The summed E-state index contributed by atoms with van der Waals surface area (Å²) in [6, 6.07) is 10.7. The summed E-state index contributed by atoms with van der Waals surface area (Å²) >= 11 is 0. The van der Waals surface area contributed by atoms with Crippen molar-refractivity contribution in [1.82, 2.24) is 10.2 Å². The fourth-order valence-corrected chi connectivity index (χ4v) is 3.71. The fourth-order valence-electron chi connectivity index (χ4n) is 3.71. The van der Waals surface area contributed by atoms with Crippen molar-refractivity contribution >= 4 is 5.91 Å². The van der Waals surface area contributed by atoms with Gasteiger partial charge in [0.05, 0.1) is 11.5 Å². The van der Waals surface area contributed by atoms with Crippen molar-refractivity contribution in [1.29, 1.82) is 0 Å². The molecular formula is C19H28N2O2. The zero-order valence-corrected chi connectivity index (χ0v) is 14.3. The molecule has 0 saturated carbocycles. The first kappa shape index (κ1) is 16.5. The van der Waals surface area contributed by atoms with E-state index in [0.29, 0.717) is 0 Å². The van der Waals surface area contributed by atoms with Gasteiger partial charge in [-0.05, 0) is 45.2 Å². The summed E-state index contributed by atoms with van der Waals surface area (Å²) in [6.45, 7) is 7.75. The minimum absolute atomic E-state index is 0.120. The predicted octanol–water partition coefficient (Wildman–Crippen LogP) is 2.58. The van der Waals surface area contributed by atoms with Gasteiger partial charge in [0.1, 0.15) is 0 Å². The normalized spacial score (nSPS) is 27.7. The predicted molar refractivity (Wildman–Crippen MR) is 91.0 cm³/mol. The van der Waals surface area contributed by atoms with Crippen LogP contribution in [0.3, 0.4) is 0 Å². The number of carbonyl (C=O) groups excluding carboxylic acids is 1. The zero-order valence-electron chi connectivity index (χ0n) is 14.3. The van der Waals surface area contributed by atoms with Gasteiger partial charge in [-0.3, -0.25) is 9.69 Å². The summed E-state index contributed by atoms with van der Waals surface area (Å²) in [5, 5.41) is 3.26. The first-order chi connectivity index (χ1) is 11.0. The maximum atomic E-state index is 12.5. The molecule has 2 atom stereocenters. The third-order valence-corrected chi connectivity index (χ3v) is 4.94. The molecule has 126 valence electrons. The standard InChI is InChI=1S/C19H28N2O2/c1-19(2)12-17(9-11-23-19)20-18(22)16-8-10-21(14-16)13-15-6-4-3-5-7-15/h3-7,16-17H,8-14H2,1-2H3,(H,20,22)/t16-,17-/m0/s1. The molecule has 2 fully saturated rings. The van der Waals surface area contributed by atoms with Crippen LogP contribution in [0.25, 0.3) is 0 Å². The number of ether oxygens (including phenoxy) is 1. The van der Waals surface area contributed by atoms with E-state index in [1.807, 2.05) is 6.07 Å². The molecule has 1 aromatic rings. The van der Waals surface area contributed by atoms with Crippen molar-refractivity contribution in [3.63, 3.8) is 0 Å². The summed E-state index contributed by atoms with van der Waals surface area (Å²) in [4.78, 5) is 14.9. The molecule has 3 rings (SSSR count). The van der Waals surface area contributed by atoms with Gasteiger partial charge in [-0.15, -0.1) is 0 Å². The summed E-state index contributed by atoms with van der Waals surface area (Å²) in [6.07, 6.45) is 2.79. The third kappa shape index (κ3) is 4.55. The number of nitrogens with zero attached hydrogens (tertiary/aromatic N) is 1. The molecule has 4 heteroatoms. The Morgan fingerprint density at radius 2 is 2.09 bits per heavy atom. The Bertz CT molecular complexity index is 529. The second-order valence-corrected chi connectivity index (χ2v) is 7.51. The van der Waals surface area contributed by atoms with Crippen LogP contribution in [-0.4, -0.2) is 42.1 Å². The van der Waals surface area contributed by atoms with Crippen molar-refractivity contribution < 1.29 is 9.53 Å². The van der Waals surface area contributed by atoms with E-state index in [2.05, 4.69) is 48.3 Å². The molecular weight excluding hydrogens is 288 g/mol. The van der Waals surface area contributed by atoms with E-state index in [4.69, 9.17) is 4.74 Å². The molecule has 2 aliphatic heterocycles. The highest BCUT2D eigenvalue weighted by Crippen LogP contribution is 2.25. The lowest BCUT2D eigenvalue weighted by atomic mass is 9.93. The van der Waals surface area contributed by atoms with Crippen LogP contribution in [0.4, 0.5) is 0 Å². The molecule has 0 aromatic heterocycles. The van der Waals surface area contributed by atoms with E-state index in [9.17, 15) is 4.79 Å². The van der Waals surface area contributed by atoms with E-state index in [1.165, 1.54) is 5.56 Å². The van der Waals surface area contributed by atoms with Gasteiger partial charge in [-0.2, -0.15) is 0 Å². The molecule has 1 N–H and O–H groups in total. The number of hydrogen-bond acceptors (Lipinski definition) is 3. The Kier molecular flexibility index (Phi) is 5.02. The molecule has 2 aliphatic rings. The van der Waals surface area contributed by atoms with Crippen molar-refractivity contribution in [2.75, 3.05) is 19.7 Å². The number of nitrogens with one attached hydrogen (secondary N) is 1. The maximum absolute atomic E-state index is 12.5. The molecule has 0 radical (unpaired) electrons. The van der Waals surface area contributed by atoms with Crippen LogP contribution < -0.4 is 5.32 Å². The maximum Gasteiger partial charge on any atom is 0.224 e. The fraction of sp³-hybridized carbons (Fsp3) is 0.632. The van der Waals surface area contributed by atoms with Crippen LogP contribution in [0.5, 0.6) is 0 Å². The molecule has 2 saturated heterocycles. The molecule has 4 nitrogen and oxygen atoms in total. The molecule has 0 unspecified atom stereocenters. The van der Waals surface area contributed by atoms with Crippen LogP contribution in [-0.2, 0) is 16.1 Å². The highest BCUT2D eigenvalue weighted by atomic mass is 16.5. The average molecular weight is 316 g/mol. The monoisotopic (exact) mass is 316 g/mol. The summed E-state index contributed by atoms with van der Waals surface area (Å²) in [7, 11) is 0. The van der Waals surface area contributed by atoms with Gasteiger partial charge < -0.3 is 10.1 Å². The third-order valence-electron chi connectivity index (χ3n) is 4.94. The van der Waals surface area contributed by atoms with Crippen LogP contribution >= 0.6 is 0 Å². The number of benzene rings is 1. The Hall–Kier alpha value is -1.39. The van der Waals surface area contributed by atoms with Gasteiger partial charge in [0.2, 0.25) is 5.91 Å². The smallest absolute Gasteiger partial charge is 0.224 e. The first-order valence-electron chi connectivity index (χ1n) is 8.72. The van der Waals surface area contributed by atoms with E-state index < -0.39 is 0 Å². The van der Waals surface area contributed by atoms with Crippen molar-refractivity contribution in [2.45, 2.75) is 51.3 Å². The molecule has 0 bridgehead atoms. The SMILES string of the molecule is CC1(C)C[C@@H](NC(=O)[C@H]2CCN(Cc3ccccc3)C2)CCO1. The van der Waals surface area contributed by atoms with Gasteiger partial charge in [-0.25, -0.2) is 0 Å². The number of rotatable bonds is 4. The first-order valence-corrected chi connectivity index (χ1v) is 8.72. The molecule has 0 spiro atoms. The molecule has 1 aromatic carbocycles. The van der Waals surface area contributed by atoms with E-state index in [-0.39, 0.29) is 23.5 Å². The Morgan fingerprint density at radius 1 is 1.30 bits per heavy atom. The summed E-state index contributed by atoms with van der Waals surface area (Å²) in [5.74, 6) is 0.355. The quantitative estimate of drug-likeness (QED) is 0.928. The van der Waals surface area contributed by atoms with Crippen molar-refractivity contribution in [3.8, 4) is 0 Å². The number of carbonyl (C=O) groups is 1. The van der Waals surface area contributed by atoms with Crippen LogP contribution in [0, 0.1) is 5.92 Å². The number of hydrogen-bond donors (Lipinski definition) is 1. The second kappa shape index (κ2) is 7.02. The Balaban J connectivity index is 1.48. The zero-order chi connectivity index (χ0) is 16.3. The largest absolute Gasteiger partial charge is 0.375 e. The van der Waals surface area contributed by atoms with E-state index >= 15 is 0 Å². The average Bonchev–Trinajstić information content (AvgIpc) is 2.96. The van der Waals surface area contributed by atoms with E-state index in [0.717, 1.165) is 45.5 Å². The summed E-state index contributed by atoms with van der Waals surface area (Å²) < 4.78 is 5.73. The topological polar surface area (TPSA) is 41.6 Å². The number of likely N-dealkylation sites (tertiary alicyclic amines) is 1. The molecule has 2 heterocycles. The van der Waals surface area contributed by atoms with Gasteiger partial charge in [0.15, 0.2) is 0 Å². The Labute approximate surface area is 139 Å². The van der Waals surface area contributed by atoms with Gasteiger partial charge in [0, 0.05) is 25.7 Å². The minimum atomic E-state index is -0.120. The molecule has 23 heavy (non-hydrogen) atoms. The van der Waals surface area contributed by atoms with Crippen LogP contribution in [0.15, 0.2) is 30.3 Å². The minimum Gasteiger partial charge on any atom is -0.375 e. The van der Waals surface area contributed by atoms with Gasteiger partial charge >= 0.3 is 0 Å². The molecule has 0 aliphatic carbocycles. The molecule has 1 amide bonds. The van der Waals surface area contributed by atoms with Gasteiger partial charge in [-0.1, -0.05) is 30.3 Å². The lowest BCUT2D eigenvalue weighted by Crippen LogP contribution is -2.47. The lowest BCUT2D eigenvalue weighted by Gasteiger charge is -2.36. The lowest BCUT2D eigenvalue weighted by molar-refractivity contribution is -0.127. The van der Waals surface area contributed by atoms with Crippen molar-refractivity contribution in [3.05, 3.63) is 35.9 Å². The number of amides is 1. The van der Waals surface area contributed by atoms with Crippen molar-refractivity contribution in [2.24, 2.45) is 5.92 Å². The van der Waals surface area contributed by atoms with E-state index in [1.54, 1.807) is 0 Å². The highest BCUT2D eigenvalue weighted by molar-refractivity contribution is 5.79. The van der Waals surface area contributed by atoms with Crippen LogP contribution in [0.2, 0.25) is 0 Å².